The Morgan fingerprint density at radius 2 is 0.609 bits per heavy atom. The predicted molar refractivity (Wildman–Crippen MR) is 474 cm³/mol. The highest BCUT2D eigenvalue weighted by Gasteiger charge is 2.23. The van der Waals surface area contributed by atoms with Crippen LogP contribution in [0.1, 0.15) is 384 Å². The lowest BCUT2D eigenvalue weighted by Gasteiger charge is -2.16. The maximum Gasteiger partial charge on any atom is 0.345 e. The van der Waals surface area contributed by atoms with E-state index in [1.165, 1.54) is 121 Å². The number of carboxylic acid groups (broad SMARTS) is 1. The van der Waals surface area contributed by atoms with Crippen molar-refractivity contribution in [2.24, 2.45) is 0 Å². The van der Waals surface area contributed by atoms with Crippen LogP contribution in [0.4, 0.5) is 11.4 Å². The van der Waals surface area contributed by atoms with E-state index in [1.54, 1.807) is 6.07 Å². The third-order valence-corrected chi connectivity index (χ3v) is 18.2. The first-order valence-corrected chi connectivity index (χ1v) is 44.2. The average Bonchev–Trinajstić information content (AvgIpc) is 0.835. The minimum Gasteiger partial charge on any atom is -0.507 e. The molecule has 0 aliphatic carbocycles. The number of phenolic OH excluding ortho intramolecular Hbond substituents is 1. The summed E-state index contributed by atoms with van der Waals surface area (Å²) in [5, 5.41) is 24.2. The summed E-state index contributed by atoms with van der Waals surface area (Å²) in [5.74, 6) is -4.29. The summed E-state index contributed by atoms with van der Waals surface area (Å²) in [5.41, 5.74) is 0.585. The van der Waals surface area contributed by atoms with Crippen molar-refractivity contribution in [2.45, 2.75) is 376 Å². The summed E-state index contributed by atoms with van der Waals surface area (Å²) < 4.78 is 26.8. The fourth-order valence-electron chi connectivity index (χ4n) is 11.6. The van der Waals surface area contributed by atoms with E-state index in [0.717, 1.165) is 167 Å². The molecule has 0 heterocycles. The van der Waals surface area contributed by atoms with Gasteiger partial charge in [-0.3, -0.25) is 28.8 Å². The predicted octanol–water partition coefficient (Wildman–Crippen LogP) is 27.4. The van der Waals surface area contributed by atoms with Crippen LogP contribution < -0.4 is 15.4 Å². The van der Waals surface area contributed by atoms with Crippen LogP contribution in [0.25, 0.3) is 0 Å². The summed E-state index contributed by atoms with van der Waals surface area (Å²) in [6.45, 7) is 15.9. The number of carbonyl (C=O) groups excluding carboxylic acids is 7. The molecule has 0 bridgehead atoms. The number of unbranched alkanes of at least 4 members (excludes halogenated alkanes) is 26. The van der Waals surface area contributed by atoms with Crippen LogP contribution >= 0.6 is 0 Å². The molecule has 2 atom stereocenters. The zero-order valence-corrected chi connectivity index (χ0v) is 72.3. The van der Waals surface area contributed by atoms with Gasteiger partial charge in [0, 0.05) is 63.7 Å². The van der Waals surface area contributed by atoms with Crippen LogP contribution in [0.5, 0.6) is 11.5 Å². The van der Waals surface area contributed by atoms with E-state index >= 15 is 0 Å². The number of allylic oxidation sites excluding steroid dienone is 20. The number of aliphatic carboxylic acids is 1. The number of hydrogen-bond donors (Lipinski definition) is 4. The summed E-state index contributed by atoms with van der Waals surface area (Å²) >= 11 is 0. The molecular formula is C98H152N2O15. The van der Waals surface area contributed by atoms with Gasteiger partial charge >= 0.3 is 35.8 Å². The number of hydrogen-bond acceptors (Lipinski definition) is 14. The lowest BCUT2D eigenvalue weighted by Crippen LogP contribution is -2.22. The first-order chi connectivity index (χ1) is 55.9. The lowest BCUT2D eigenvalue weighted by molar-refractivity contribution is -0.167. The van der Waals surface area contributed by atoms with Crippen LogP contribution in [0.3, 0.4) is 0 Å². The Kier molecular flexibility index (Phi) is 73.3. The standard InChI is InChI=1S/C49H75NO7.C37H53NO6.C12H24O2/c1-5-8-11-14-16-18-19-20-21-22-23-24-25-27-28-31-33-36-46(51)50-43-39-40-45(57-48(53)38-35-32-29-26-17-15-12-9-6-2)44(41-43)49(54)56-42(4)55-47(52)37-34-30-13-10-7-3;1-4-6-8-10-11-12-13-14-15-16-17-18-19-20-21-23-24-26-35(40)38-32-28-29-34(39)33(30-32)37(42)44-31(3)43-36(41)27-25-22-9-7-5-2;1-2-3-4-5-6-7-8-9-10-11-12(13)14/h8,11,16,18,20-21,23-24,27-28,39-42H,5-7,9-10,12-15,17,19,22,25-26,29-38H2,1-4H3,(H,50,51);6,8,11-12,14-15,17-18,20-21,28-31,39H,4-5,7,9-10,13,16,19,22-27H2,1-3H3,(H,38,40);2-11H2,1H3,(H,13,14)/b11-8-,18-16-,21-20-,24-23-,28-27-;8-6-,12-11-,15-14-,18-17-,21-20-;. The third kappa shape index (κ3) is 69.4. The Bertz CT molecular complexity index is 3180. The van der Waals surface area contributed by atoms with E-state index in [-0.39, 0.29) is 53.7 Å². The van der Waals surface area contributed by atoms with Crippen molar-refractivity contribution in [2.75, 3.05) is 10.6 Å². The highest BCUT2D eigenvalue weighted by atomic mass is 16.7. The zero-order chi connectivity index (χ0) is 84.5. The smallest absolute Gasteiger partial charge is 0.345 e. The molecule has 0 saturated carbocycles. The van der Waals surface area contributed by atoms with Crippen molar-refractivity contribution in [3.63, 3.8) is 0 Å². The molecule has 644 valence electrons. The molecule has 0 radical (unpaired) electrons. The van der Waals surface area contributed by atoms with E-state index in [9.17, 15) is 43.5 Å². The first kappa shape index (κ1) is 106. The number of anilines is 2. The average molecular weight is 1600 g/mol. The quantitative estimate of drug-likeness (QED) is 0.0120. The molecule has 2 unspecified atom stereocenters. The van der Waals surface area contributed by atoms with Gasteiger partial charge in [0.05, 0.1) is 0 Å². The Morgan fingerprint density at radius 1 is 0.322 bits per heavy atom. The molecule has 0 saturated heterocycles. The minimum atomic E-state index is -1.14. The number of esters is 5. The number of carboxylic acids is 1. The Balaban J connectivity index is 0.00000197. The van der Waals surface area contributed by atoms with Crippen molar-refractivity contribution in [3.05, 3.63) is 169 Å². The normalized spacial score (nSPS) is 12.2. The van der Waals surface area contributed by atoms with Crippen LogP contribution in [-0.4, -0.2) is 70.4 Å². The number of carbonyl (C=O) groups is 8. The molecule has 2 rings (SSSR count). The molecule has 0 aliphatic heterocycles. The lowest BCUT2D eigenvalue weighted by atomic mass is 10.1. The molecule has 115 heavy (non-hydrogen) atoms. The van der Waals surface area contributed by atoms with Crippen molar-refractivity contribution < 1.29 is 72.3 Å². The molecule has 17 heteroatoms. The van der Waals surface area contributed by atoms with Gasteiger partial charge < -0.3 is 44.5 Å². The van der Waals surface area contributed by atoms with Crippen LogP contribution in [0.2, 0.25) is 0 Å². The van der Waals surface area contributed by atoms with E-state index in [0.29, 0.717) is 56.3 Å². The summed E-state index contributed by atoms with van der Waals surface area (Å²) in [4.78, 5) is 98.4. The topological polar surface area (TPSA) is 247 Å². The van der Waals surface area contributed by atoms with Crippen molar-refractivity contribution in [3.8, 4) is 11.5 Å². The fraction of sp³-hybridized carbons (Fsp3) is 0.592. The van der Waals surface area contributed by atoms with Gasteiger partial charge in [0.25, 0.3) is 0 Å². The highest BCUT2D eigenvalue weighted by Crippen LogP contribution is 2.28. The molecule has 2 aromatic rings. The molecule has 4 N–H and O–H groups in total. The third-order valence-electron chi connectivity index (χ3n) is 18.2. The highest BCUT2D eigenvalue weighted by molar-refractivity contribution is 5.98. The fourth-order valence-corrected chi connectivity index (χ4v) is 11.6. The number of ether oxygens (including phenoxy) is 5. The van der Waals surface area contributed by atoms with Gasteiger partial charge in [-0.25, -0.2) is 9.59 Å². The Labute approximate surface area is 695 Å². The van der Waals surface area contributed by atoms with Gasteiger partial charge in [0.2, 0.25) is 24.4 Å². The van der Waals surface area contributed by atoms with E-state index in [4.69, 9.17) is 28.8 Å². The molecule has 2 amide bonds. The zero-order valence-electron chi connectivity index (χ0n) is 72.3. The maximum absolute atomic E-state index is 13.3. The number of amides is 2. The van der Waals surface area contributed by atoms with Crippen LogP contribution in [-0.2, 0) is 47.7 Å². The van der Waals surface area contributed by atoms with Gasteiger partial charge in [-0.15, -0.1) is 0 Å². The number of rotatable bonds is 67. The second kappa shape index (κ2) is 79.2. The van der Waals surface area contributed by atoms with Crippen LogP contribution in [0, 0.1) is 0 Å². The van der Waals surface area contributed by atoms with Gasteiger partial charge in [0.15, 0.2) is 0 Å². The van der Waals surface area contributed by atoms with Gasteiger partial charge in [-0.1, -0.05) is 317 Å². The number of aromatic hydroxyl groups is 1. The van der Waals surface area contributed by atoms with Gasteiger partial charge in [-0.05, 0) is 152 Å². The van der Waals surface area contributed by atoms with Gasteiger partial charge in [0.1, 0.15) is 22.6 Å². The van der Waals surface area contributed by atoms with E-state index in [2.05, 4.69) is 174 Å². The second-order valence-electron chi connectivity index (χ2n) is 29.0. The van der Waals surface area contributed by atoms with E-state index < -0.39 is 48.4 Å². The molecule has 0 fully saturated rings. The second-order valence-corrected chi connectivity index (χ2v) is 29.0. The molecular weight excluding hydrogens is 1450 g/mol. The Hall–Kier alpha value is -8.60. The largest absolute Gasteiger partial charge is 0.507 e. The first-order valence-electron chi connectivity index (χ1n) is 44.2. The molecule has 17 nitrogen and oxygen atoms in total. The summed E-state index contributed by atoms with van der Waals surface area (Å²) in [6.07, 6.45) is 86.3. The molecule has 0 aromatic heterocycles. The Morgan fingerprint density at radius 3 is 0.948 bits per heavy atom. The van der Waals surface area contributed by atoms with Crippen molar-refractivity contribution in [1.29, 1.82) is 0 Å². The summed E-state index contributed by atoms with van der Waals surface area (Å²) in [7, 11) is 0. The SMILES string of the molecule is CC/C=C\C/C=C\C/C=C\C/C=C\C/C=C\CCCC(=O)Nc1ccc(O)c(C(=O)OC(C)OC(=O)CCCCCCC)c1.CC/C=C\C/C=C\C/C=C\C/C=C\C/C=C\CCCC(=O)Nc1ccc(OC(=O)CCCCCCCCCCC)c(C(=O)OC(C)OC(=O)CCCCCCC)c1.CCCCCCCCCCCC(=O)O. The molecule has 0 spiro atoms. The van der Waals surface area contributed by atoms with Crippen molar-refractivity contribution >= 4 is 59.0 Å². The van der Waals surface area contributed by atoms with Gasteiger partial charge in [-0.2, -0.15) is 0 Å². The number of nitrogens with one attached hydrogen (secondary N) is 2. The maximum atomic E-state index is 13.3. The number of phenols is 1. The minimum absolute atomic E-state index is 0.0329. The van der Waals surface area contributed by atoms with Crippen LogP contribution in [0.15, 0.2) is 158 Å². The van der Waals surface area contributed by atoms with Crippen molar-refractivity contribution in [1.82, 2.24) is 0 Å². The molecule has 0 aliphatic rings. The molecule has 2 aromatic carbocycles. The monoisotopic (exact) mass is 1600 g/mol. The van der Waals surface area contributed by atoms with E-state index in [1.807, 2.05) is 0 Å². The summed E-state index contributed by atoms with van der Waals surface area (Å²) in [6, 6.07) is 8.70. The number of benzene rings is 2.